The summed E-state index contributed by atoms with van der Waals surface area (Å²) in [5, 5.41) is 3.10. The van der Waals surface area contributed by atoms with Gasteiger partial charge in [0, 0.05) is 24.5 Å². The molecule has 2 aromatic rings. The average Bonchev–Trinajstić information content (AvgIpc) is 3.22. The lowest BCUT2D eigenvalue weighted by Crippen LogP contribution is -2.36. The van der Waals surface area contributed by atoms with E-state index in [1.165, 1.54) is 12.8 Å². The molecule has 1 aliphatic carbocycles. The Balaban J connectivity index is 1.52. The minimum atomic E-state index is -0.0424. The lowest BCUT2D eigenvalue weighted by Gasteiger charge is -2.26. The summed E-state index contributed by atoms with van der Waals surface area (Å²) in [6.07, 6.45) is 13.3. The summed E-state index contributed by atoms with van der Waals surface area (Å²) in [5.41, 5.74) is 0.895. The van der Waals surface area contributed by atoms with Crippen LogP contribution >= 0.6 is 0 Å². The maximum atomic E-state index is 12.2. The minimum absolute atomic E-state index is 0.0424. The first-order valence-electron chi connectivity index (χ1n) is 9.89. The Kier molecular flexibility index (Phi) is 7.12. The van der Waals surface area contributed by atoms with Gasteiger partial charge < -0.3 is 19.4 Å². The van der Waals surface area contributed by atoms with Gasteiger partial charge in [-0.3, -0.25) is 4.79 Å². The van der Waals surface area contributed by atoms with Crippen molar-refractivity contribution >= 4 is 12.0 Å². The van der Waals surface area contributed by atoms with Crippen LogP contribution in [0.3, 0.4) is 0 Å². The molecular formula is C22H29N3O3. The van der Waals surface area contributed by atoms with Crippen LogP contribution in [-0.4, -0.2) is 35.2 Å². The van der Waals surface area contributed by atoms with Crippen LogP contribution in [0.15, 0.2) is 43.0 Å². The normalized spacial score (nSPS) is 19.5. The second-order valence-electron chi connectivity index (χ2n) is 7.36. The highest BCUT2D eigenvalue weighted by atomic mass is 16.5. The Bertz CT molecular complexity index is 778. The standard InChI is InChI=1S/C22H29N3O3/c1-17-3-7-19(8-4-17)24-22(26)10-6-18-5-9-20(21(15-18)27-2)28-14-13-25-12-11-23-16-25/h5-6,9-12,15-17,19H,3-4,7-8,13-14H2,1-2H3,(H,24,26). The van der Waals surface area contributed by atoms with E-state index >= 15 is 0 Å². The van der Waals surface area contributed by atoms with E-state index in [-0.39, 0.29) is 5.91 Å². The minimum Gasteiger partial charge on any atom is -0.493 e. The number of amides is 1. The summed E-state index contributed by atoms with van der Waals surface area (Å²) < 4.78 is 13.2. The highest BCUT2D eigenvalue weighted by Crippen LogP contribution is 2.28. The molecule has 28 heavy (non-hydrogen) atoms. The van der Waals surface area contributed by atoms with Gasteiger partial charge in [-0.15, -0.1) is 0 Å². The van der Waals surface area contributed by atoms with Gasteiger partial charge in [0.1, 0.15) is 6.61 Å². The number of ether oxygens (including phenoxy) is 2. The number of carbonyl (C=O) groups excluding carboxylic acids is 1. The molecule has 150 valence electrons. The van der Waals surface area contributed by atoms with E-state index < -0.39 is 0 Å². The molecule has 0 unspecified atom stereocenters. The molecule has 3 rings (SSSR count). The van der Waals surface area contributed by atoms with Crippen LogP contribution in [0.1, 0.15) is 38.2 Å². The fourth-order valence-electron chi connectivity index (χ4n) is 3.41. The molecule has 6 nitrogen and oxygen atoms in total. The molecule has 6 heteroatoms. The van der Waals surface area contributed by atoms with E-state index in [0.29, 0.717) is 30.7 Å². The van der Waals surface area contributed by atoms with Gasteiger partial charge in [-0.2, -0.15) is 0 Å². The summed E-state index contributed by atoms with van der Waals surface area (Å²) >= 11 is 0. The van der Waals surface area contributed by atoms with E-state index in [1.807, 2.05) is 29.0 Å². The zero-order chi connectivity index (χ0) is 19.8. The monoisotopic (exact) mass is 383 g/mol. The third-order valence-corrected chi connectivity index (χ3v) is 5.14. The van der Waals surface area contributed by atoms with Gasteiger partial charge >= 0.3 is 0 Å². The number of nitrogens with zero attached hydrogens (tertiary/aromatic N) is 2. The lowest BCUT2D eigenvalue weighted by atomic mass is 9.87. The average molecular weight is 383 g/mol. The highest BCUT2D eigenvalue weighted by molar-refractivity contribution is 5.92. The third kappa shape index (κ3) is 5.87. The SMILES string of the molecule is COc1cc(C=CC(=O)NC2CCC(C)CC2)ccc1OCCn1ccnc1. The van der Waals surface area contributed by atoms with Crippen molar-refractivity contribution in [3.05, 3.63) is 48.6 Å². The van der Waals surface area contributed by atoms with Crippen LogP contribution < -0.4 is 14.8 Å². The fourth-order valence-corrected chi connectivity index (χ4v) is 3.41. The zero-order valence-electron chi connectivity index (χ0n) is 16.6. The molecule has 1 saturated carbocycles. The molecule has 1 N–H and O–H groups in total. The van der Waals surface area contributed by atoms with Crippen LogP contribution in [0.5, 0.6) is 11.5 Å². The number of rotatable bonds is 8. The van der Waals surface area contributed by atoms with Crippen LogP contribution in [0, 0.1) is 5.92 Å². The Labute approximate surface area is 166 Å². The van der Waals surface area contributed by atoms with Gasteiger partial charge in [-0.1, -0.05) is 13.0 Å². The molecule has 0 radical (unpaired) electrons. The van der Waals surface area contributed by atoms with Crippen molar-refractivity contribution in [2.45, 2.75) is 45.2 Å². The Hall–Kier alpha value is -2.76. The van der Waals surface area contributed by atoms with Crippen molar-refractivity contribution in [2.24, 2.45) is 5.92 Å². The Morgan fingerprint density at radius 3 is 2.82 bits per heavy atom. The van der Waals surface area contributed by atoms with Crippen molar-refractivity contribution in [1.82, 2.24) is 14.9 Å². The van der Waals surface area contributed by atoms with Gasteiger partial charge in [0.05, 0.1) is 20.0 Å². The van der Waals surface area contributed by atoms with Gasteiger partial charge in [0.25, 0.3) is 0 Å². The maximum absolute atomic E-state index is 12.2. The first-order valence-corrected chi connectivity index (χ1v) is 9.89. The first kappa shape index (κ1) is 20.0. The van der Waals surface area contributed by atoms with Crippen LogP contribution in [0.4, 0.5) is 0 Å². The third-order valence-electron chi connectivity index (χ3n) is 5.14. The molecule has 0 aliphatic heterocycles. The van der Waals surface area contributed by atoms with Crippen molar-refractivity contribution in [3.8, 4) is 11.5 Å². The number of carbonyl (C=O) groups is 1. The molecule has 1 aliphatic rings. The van der Waals surface area contributed by atoms with Gasteiger partial charge in [0.2, 0.25) is 5.91 Å². The first-order chi connectivity index (χ1) is 13.6. The number of aromatic nitrogens is 2. The predicted octanol–water partition coefficient (Wildman–Crippen LogP) is 3.68. The molecule has 0 atom stereocenters. The van der Waals surface area contributed by atoms with Crippen molar-refractivity contribution in [2.75, 3.05) is 13.7 Å². The Morgan fingerprint density at radius 1 is 1.29 bits per heavy atom. The number of hydrogen-bond acceptors (Lipinski definition) is 4. The summed E-state index contributed by atoms with van der Waals surface area (Å²) in [6, 6.07) is 5.96. The van der Waals surface area contributed by atoms with Crippen molar-refractivity contribution in [1.29, 1.82) is 0 Å². The fraction of sp³-hybridized carbons (Fsp3) is 0.455. The largest absolute Gasteiger partial charge is 0.493 e. The zero-order valence-corrected chi connectivity index (χ0v) is 16.6. The molecule has 0 saturated heterocycles. The molecule has 1 fully saturated rings. The lowest BCUT2D eigenvalue weighted by molar-refractivity contribution is -0.117. The van der Waals surface area contributed by atoms with E-state index in [1.54, 1.807) is 31.8 Å². The second-order valence-corrected chi connectivity index (χ2v) is 7.36. The van der Waals surface area contributed by atoms with Crippen LogP contribution in [-0.2, 0) is 11.3 Å². The molecule has 0 spiro atoms. The molecule has 1 heterocycles. The summed E-state index contributed by atoms with van der Waals surface area (Å²) in [7, 11) is 1.61. The number of nitrogens with one attached hydrogen (secondary N) is 1. The smallest absolute Gasteiger partial charge is 0.244 e. The molecule has 1 aromatic heterocycles. The second kappa shape index (κ2) is 9.97. The van der Waals surface area contributed by atoms with E-state index in [0.717, 1.165) is 24.3 Å². The quantitative estimate of drug-likeness (QED) is 0.706. The molecule has 1 amide bonds. The summed E-state index contributed by atoms with van der Waals surface area (Å²) in [6.45, 7) is 3.51. The Morgan fingerprint density at radius 2 is 2.11 bits per heavy atom. The predicted molar refractivity (Wildman–Crippen MR) is 109 cm³/mol. The van der Waals surface area contributed by atoms with E-state index in [4.69, 9.17) is 9.47 Å². The summed E-state index contributed by atoms with van der Waals surface area (Å²) in [5.74, 6) is 2.06. The topological polar surface area (TPSA) is 65.4 Å². The van der Waals surface area contributed by atoms with Crippen LogP contribution in [0.25, 0.3) is 6.08 Å². The van der Waals surface area contributed by atoms with Crippen LogP contribution in [0.2, 0.25) is 0 Å². The number of hydrogen-bond donors (Lipinski definition) is 1. The van der Waals surface area contributed by atoms with E-state index in [9.17, 15) is 4.79 Å². The maximum Gasteiger partial charge on any atom is 0.244 e. The number of methoxy groups -OCH3 is 1. The summed E-state index contributed by atoms with van der Waals surface area (Å²) in [4.78, 5) is 16.2. The van der Waals surface area contributed by atoms with Gasteiger partial charge in [0.15, 0.2) is 11.5 Å². The molecule has 0 bridgehead atoms. The molecule has 1 aromatic carbocycles. The number of benzene rings is 1. The molecular weight excluding hydrogens is 354 g/mol. The van der Waals surface area contributed by atoms with E-state index in [2.05, 4.69) is 17.2 Å². The number of imidazole rings is 1. The van der Waals surface area contributed by atoms with Gasteiger partial charge in [-0.25, -0.2) is 4.98 Å². The van der Waals surface area contributed by atoms with Crippen molar-refractivity contribution < 1.29 is 14.3 Å². The highest BCUT2D eigenvalue weighted by Gasteiger charge is 2.18. The van der Waals surface area contributed by atoms with Crippen molar-refractivity contribution in [3.63, 3.8) is 0 Å². The van der Waals surface area contributed by atoms with Gasteiger partial charge in [-0.05, 0) is 55.4 Å².